The Morgan fingerprint density at radius 1 is 1.15 bits per heavy atom. The molecule has 0 saturated carbocycles. The Balaban J connectivity index is 1.88. The molecule has 3 rings (SSSR count). The van der Waals surface area contributed by atoms with Crippen molar-refractivity contribution in [3.8, 4) is 16.9 Å². The highest BCUT2D eigenvalue weighted by Crippen LogP contribution is 2.40. The third kappa shape index (κ3) is 6.47. The molecule has 7 nitrogen and oxygen atoms in total. The molecule has 33 heavy (non-hydrogen) atoms. The molecular formula is C22H19BrCl3NO6. The van der Waals surface area contributed by atoms with E-state index in [0.717, 1.165) is 26.5 Å². The summed E-state index contributed by atoms with van der Waals surface area (Å²) in [5.41, 5.74) is 3.05. The van der Waals surface area contributed by atoms with Crippen molar-refractivity contribution in [3.05, 3.63) is 52.7 Å². The van der Waals surface area contributed by atoms with E-state index in [2.05, 4.69) is 21.2 Å². The minimum absolute atomic E-state index is 0.131. The highest BCUT2D eigenvalue weighted by molar-refractivity contribution is 9.10. The van der Waals surface area contributed by atoms with Gasteiger partial charge in [0, 0.05) is 22.9 Å². The minimum atomic E-state index is -1.77. The summed E-state index contributed by atoms with van der Waals surface area (Å²) in [6, 6.07) is 10.1. The van der Waals surface area contributed by atoms with E-state index < -0.39 is 28.5 Å². The number of fused-ring (bicyclic) bond motifs is 1. The van der Waals surface area contributed by atoms with E-state index in [9.17, 15) is 9.59 Å². The fraction of sp³-hybridized carbons (Fsp3) is 0.273. The van der Waals surface area contributed by atoms with E-state index in [1.807, 2.05) is 24.3 Å². The number of hydrogen-bond acceptors (Lipinski definition) is 6. The summed E-state index contributed by atoms with van der Waals surface area (Å²) < 4.78 is 19.9. The minimum Gasteiger partial charge on any atom is -0.495 e. The Bertz CT molecular complexity index is 1160. The van der Waals surface area contributed by atoms with Gasteiger partial charge in [0.2, 0.25) is 3.79 Å². The van der Waals surface area contributed by atoms with Crippen LogP contribution in [0.3, 0.4) is 0 Å². The van der Waals surface area contributed by atoms with Crippen molar-refractivity contribution in [2.45, 2.75) is 16.3 Å². The van der Waals surface area contributed by atoms with Gasteiger partial charge in [-0.15, -0.1) is 0 Å². The zero-order valence-corrected chi connectivity index (χ0v) is 21.3. The molecule has 0 unspecified atom stereocenters. The van der Waals surface area contributed by atoms with Crippen molar-refractivity contribution in [3.63, 3.8) is 0 Å². The van der Waals surface area contributed by atoms with E-state index in [1.54, 1.807) is 25.5 Å². The summed E-state index contributed by atoms with van der Waals surface area (Å²) in [5.74, 6) is 0.0124. The number of nitrogens with one attached hydrogen (secondary N) is 1. The molecule has 0 radical (unpaired) electrons. The first-order valence-electron chi connectivity index (χ1n) is 9.53. The van der Waals surface area contributed by atoms with Crippen molar-refractivity contribution in [2.24, 2.45) is 0 Å². The molecule has 0 bridgehead atoms. The maximum absolute atomic E-state index is 12.3. The quantitative estimate of drug-likeness (QED) is 0.271. The number of furan rings is 1. The first-order chi connectivity index (χ1) is 15.6. The number of rotatable bonds is 7. The van der Waals surface area contributed by atoms with Gasteiger partial charge in [-0.1, -0.05) is 53.0 Å². The first kappa shape index (κ1) is 25.5. The van der Waals surface area contributed by atoms with Crippen LogP contribution in [-0.4, -0.2) is 42.7 Å². The Morgan fingerprint density at radius 2 is 1.91 bits per heavy atom. The Kier molecular flexibility index (Phi) is 8.39. The molecule has 11 heteroatoms. The molecule has 1 amide bonds. The molecule has 0 aliphatic carbocycles. The van der Waals surface area contributed by atoms with E-state index in [-0.39, 0.29) is 6.42 Å². The Morgan fingerprint density at radius 3 is 2.58 bits per heavy atom. The number of alkyl halides is 3. The number of methoxy groups -OCH3 is 2. The summed E-state index contributed by atoms with van der Waals surface area (Å²) in [6.07, 6.45) is 0.856. The van der Waals surface area contributed by atoms with Crippen LogP contribution in [0.15, 0.2) is 51.6 Å². The molecule has 1 atom stereocenters. The maximum Gasteiger partial charge on any atom is 0.408 e. The molecule has 3 aromatic rings. The zero-order valence-electron chi connectivity index (χ0n) is 17.5. The predicted molar refractivity (Wildman–Crippen MR) is 130 cm³/mol. The van der Waals surface area contributed by atoms with E-state index in [0.29, 0.717) is 11.3 Å². The smallest absolute Gasteiger partial charge is 0.408 e. The van der Waals surface area contributed by atoms with Gasteiger partial charge in [0.1, 0.15) is 24.0 Å². The summed E-state index contributed by atoms with van der Waals surface area (Å²) in [6.45, 7) is -0.476. The average Bonchev–Trinajstić information content (AvgIpc) is 3.19. The number of carbonyl (C=O) groups is 2. The van der Waals surface area contributed by atoms with Crippen molar-refractivity contribution in [1.29, 1.82) is 0 Å². The molecule has 176 valence electrons. The lowest BCUT2D eigenvalue weighted by Crippen LogP contribution is -2.43. The molecule has 1 aromatic heterocycles. The van der Waals surface area contributed by atoms with E-state index in [1.165, 1.54) is 7.11 Å². The number of carbonyl (C=O) groups excluding carboxylic acids is 2. The van der Waals surface area contributed by atoms with Crippen LogP contribution in [0.4, 0.5) is 4.79 Å². The second-order valence-electron chi connectivity index (χ2n) is 6.92. The Hall–Kier alpha value is -2.13. The molecule has 1 N–H and O–H groups in total. The number of esters is 1. The van der Waals surface area contributed by atoms with Gasteiger partial charge in [-0.05, 0) is 39.7 Å². The van der Waals surface area contributed by atoms with Gasteiger partial charge < -0.3 is 23.9 Å². The number of hydrogen-bond donors (Lipinski definition) is 1. The highest BCUT2D eigenvalue weighted by atomic mass is 79.9. The van der Waals surface area contributed by atoms with Crippen LogP contribution in [0, 0.1) is 0 Å². The summed E-state index contributed by atoms with van der Waals surface area (Å²) >= 11 is 20.3. The van der Waals surface area contributed by atoms with Gasteiger partial charge in [-0.3, -0.25) is 0 Å². The van der Waals surface area contributed by atoms with Crippen LogP contribution in [0.25, 0.3) is 22.1 Å². The fourth-order valence-electron chi connectivity index (χ4n) is 3.24. The molecule has 2 aromatic carbocycles. The Labute approximate surface area is 213 Å². The molecule has 0 spiro atoms. The second kappa shape index (κ2) is 10.9. The van der Waals surface area contributed by atoms with Crippen LogP contribution in [-0.2, 0) is 20.7 Å². The van der Waals surface area contributed by atoms with Gasteiger partial charge in [0.05, 0.1) is 25.0 Å². The van der Waals surface area contributed by atoms with Gasteiger partial charge in [0.25, 0.3) is 0 Å². The van der Waals surface area contributed by atoms with Crippen molar-refractivity contribution in [1.82, 2.24) is 5.32 Å². The molecule has 0 aliphatic heterocycles. The van der Waals surface area contributed by atoms with Crippen molar-refractivity contribution >= 4 is 73.8 Å². The van der Waals surface area contributed by atoms with Crippen molar-refractivity contribution < 1.29 is 28.2 Å². The van der Waals surface area contributed by atoms with Crippen LogP contribution in [0.2, 0.25) is 0 Å². The number of alkyl carbamates (subject to hydrolysis) is 1. The van der Waals surface area contributed by atoms with E-state index in [4.69, 9.17) is 53.4 Å². The van der Waals surface area contributed by atoms with Crippen LogP contribution < -0.4 is 10.1 Å². The largest absolute Gasteiger partial charge is 0.495 e. The zero-order chi connectivity index (χ0) is 24.2. The number of halogens is 4. The lowest BCUT2D eigenvalue weighted by atomic mass is 9.99. The second-order valence-corrected chi connectivity index (χ2v) is 10.3. The van der Waals surface area contributed by atoms with Gasteiger partial charge in [-0.2, -0.15) is 0 Å². The molecule has 0 fully saturated rings. The van der Waals surface area contributed by atoms with E-state index >= 15 is 0 Å². The average molecular weight is 580 g/mol. The summed E-state index contributed by atoms with van der Waals surface area (Å²) in [5, 5.41) is 3.25. The number of para-hydroxylation sites is 1. The van der Waals surface area contributed by atoms with Gasteiger partial charge >= 0.3 is 12.1 Å². The predicted octanol–water partition coefficient (Wildman–Crippen LogP) is 6.05. The normalized spacial score (nSPS) is 12.3. The van der Waals surface area contributed by atoms with Gasteiger partial charge in [0.15, 0.2) is 0 Å². The molecular weight excluding hydrogens is 561 g/mol. The number of benzene rings is 2. The topological polar surface area (TPSA) is 87.0 Å². The third-order valence-corrected chi connectivity index (χ3v) is 5.64. The van der Waals surface area contributed by atoms with Crippen LogP contribution in [0.5, 0.6) is 5.75 Å². The van der Waals surface area contributed by atoms with Crippen LogP contribution >= 0.6 is 50.7 Å². The summed E-state index contributed by atoms with van der Waals surface area (Å²) in [7, 11) is 2.81. The lowest BCUT2D eigenvalue weighted by molar-refractivity contribution is -0.142. The third-order valence-electron chi connectivity index (χ3n) is 4.68. The lowest BCUT2D eigenvalue weighted by Gasteiger charge is -2.18. The monoisotopic (exact) mass is 577 g/mol. The fourth-order valence-corrected chi connectivity index (χ4v) is 3.93. The maximum atomic E-state index is 12.3. The molecule has 1 heterocycles. The highest BCUT2D eigenvalue weighted by Gasteiger charge is 2.26. The SMILES string of the molecule is COC(=O)[C@H](Cc1ccc2occ(-c3cccc(Br)c3OC)c2c1)NC(=O)OCC(Cl)(Cl)Cl. The number of amides is 1. The van der Waals surface area contributed by atoms with Crippen LogP contribution in [0.1, 0.15) is 5.56 Å². The first-order valence-corrected chi connectivity index (χ1v) is 11.5. The van der Waals surface area contributed by atoms with Gasteiger partial charge in [-0.25, -0.2) is 9.59 Å². The standard InChI is InChI=1S/C22H19BrCl3NO6/c1-30-19-13(4-3-5-16(19)23)15-10-32-18-7-6-12(8-14(15)18)9-17(20(28)31-2)27-21(29)33-11-22(24,25)26/h3-8,10,17H,9,11H2,1-2H3,(H,27,29)/t17-/m0/s1. The molecule has 0 saturated heterocycles. The summed E-state index contributed by atoms with van der Waals surface area (Å²) in [4.78, 5) is 24.3. The molecule has 0 aliphatic rings. The van der Waals surface area contributed by atoms with Crippen molar-refractivity contribution in [2.75, 3.05) is 20.8 Å². The number of ether oxygens (including phenoxy) is 3.